The van der Waals surface area contributed by atoms with Crippen molar-refractivity contribution in [1.29, 1.82) is 0 Å². The van der Waals surface area contributed by atoms with E-state index in [9.17, 15) is 4.39 Å². The van der Waals surface area contributed by atoms with Gasteiger partial charge in [0, 0.05) is 12.1 Å². The lowest BCUT2D eigenvalue weighted by molar-refractivity contribution is 0.537. The van der Waals surface area contributed by atoms with Crippen LogP contribution in [0.2, 0.25) is 0 Å². The van der Waals surface area contributed by atoms with E-state index in [2.05, 4.69) is 34.8 Å². The van der Waals surface area contributed by atoms with Crippen molar-refractivity contribution in [1.82, 2.24) is 9.55 Å². The van der Waals surface area contributed by atoms with Crippen molar-refractivity contribution in [2.24, 2.45) is 0 Å². The average molecular weight is 303 g/mol. The minimum absolute atomic E-state index is 0.265. The van der Waals surface area contributed by atoms with Gasteiger partial charge in [0.05, 0.1) is 15.5 Å². The molecule has 0 aliphatic rings. The van der Waals surface area contributed by atoms with E-state index >= 15 is 0 Å². The Hall–Kier alpha value is -0.680. The Kier molecular flexibility index (Phi) is 3.17. The first-order chi connectivity index (χ1) is 7.54. The fraction of sp³-hybridized carbons (Fsp3) is 0.364. The number of aromatic amines is 1. The zero-order chi connectivity index (χ0) is 11.9. The van der Waals surface area contributed by atoms with Crippen LogP contribution in [0.1, 0.15) is 26.3 Å². The van der Waals surface area contributed by atoms with Crippen molar-refractivity contribution in [3.63, 3.8) is 0 Å². The van der Waals surface area contributed by atoms with Crippen molar-refractivity contribution in [3.8, 4) is 0 Å². The highest BCUT2D eigenvalue weighted by Gasteiger charge is 2.12. The monoisotopic (exact) mass is 302 g/mol. The summed E-state index contributed by atoms with van der Waals surface area (Å²) in [4.78, 5) is 3.09. The zero-order valence-corrected chi connectivity index (χ0v) is 11.5. The van der Waals surface area contributed by atoms with Gasteiger partial charge in [-0.3, -0.25) is 0 Å². The molecule has 1 atom stereocenters. The van der Waals surface area contributed by atoms with Gasteiger partial charge in [0.15, 0.2) is 4.77 Å². The standard InChI is InChI=1S/C11H12BrFN2S/c1-3-6(2)15-10-5-8(13)7(12)4-9(10)14-11(15)16/h4-6H,3H2,1-2H3,(H,14,16). The molecule has 0 saturated carbocycles. The van der Waals surface area contributed by atoms with Gasteiger partial charge in [-0.2, -0.15) is 0 Å². The van der Waals surface area contributed by atoms with Gasteiger partial charge in [-0.15, -0.1) is 0 Å². The Morgan fingerprint density at radius 2 is 2.25 bits per heavy atom. The van der Waals surface area contributed by atoms with Crippen LogP contribution in [0.15, 0.2) is 16.6 Å². The lowest BCUT2D eigenvalue weighted by Gasteiger charge is -2.11. The molecule has 2 aromatic rings. The third-order valence-corrected chi connectivity index (χ3v) is 3.70. The van der Waals surface area contributed by atoms with Crippen LogP contribution in [-0.2, 0) is 0 Å². The molecular formula is C11H12BrFN2S. The van der Waals surface area contributed by atoms with Gasteiger partial charge in [0.25, 0.3) is 0 Å². The average Bonchev–Trinajstić information content (AvgIpc) is 2.54. The zero-order valence-electron chi connectivity index (χ0n) is 9.05. The molecule has 86 valence electrons. The minimum Gasteiger partial charge on any atom is -0.331 e. The smallest absolute Gasteiger partial charge is 0.178 e. The van der Waals surface area contributed by atoms with E-state index in [1.807, 2.05) is 4.57 Å². The van der Waals surface area contributed by atoms with E-state index in [1.165, 1.54) is 6.07 Å². The second kappa shape index (κ2) is 4.30. The van der Waals surface area contributed by atoms with Gasteiger partial charge < -0.3 is 9.55 Å². The van der Waals surface area contributed by atoms with Gasteiger partial charge in [-0.25, -0.2) is 4.39 Å². The normalized spacial score (nSPS) is 13.2. The topological polar surface area (TPSA) is 20.7 Å². The molecule has 1 N–H and O–H groups in total. The lowest BCUT2D eigenvalue weighted by atomic mass is 10.2. The van der Waals surface area contributed by atoms with E-state index in [4.69, 9.17) is 12.2 Å². The first-order valence-corrected chi connectivity index (χ1v) is 6.34. The Balaban J connectivity index is 2.79. The van der Waals surface area contributed by atoms with Gasteiger partial charge in [0.1, 0.15) is 5.82 Å². The fourth-order valence-corrected chi connectivity index (χ4v) is 2.47. The maximum atomic E-state index is 13.5. The van der Waals surface area contributed by atoms with Crippen LogP contribution < -0.4 is 0 Å². The van der Waals surface area contributed by atoms with Crippen LogP contribution in [0.5, 0.6) is 0 Å². The van der Waals surface area contributed by atoms with Gasteiger partial charge in [0.2, 0.25) is 0 Å². The Labute approximate surface area is 107 Å². The summed E-state index contributed by atoms with van der Waals surface area (Å²) >= 11 is 8.42. The molecular weight excluding hydrogens is 291 g/mol. The molecule has 1 unspecified atom stereocenters. The lowest BCUT2D eigenvalue weighted by Crippen LogP contribution is -2.03. The summed E-state index contributed by atoms with van der Waals surface area (Å²) in [6, 6.07) is 3.50. The summed E-state index contributed by atoms with van der Waals surface area (Å²) in [6.45, 7) is 4.16. The molecule has 1 heterocycles. The Morgan fingerprint density at radius 3 is 2.88 bits per heavy atom. The second-order valence-corrected chi connectivity index (χ2v) is 5.08. The number of H-pyrrole nitrogens is 1. The summed E-state index contributed by atoms with van der Waals surface area (Å²) in [5, 5.41) is 0. The quantitative estimate of drug-likeness (QED) is 0.806. The highest BCUT2D eigenvalue weighted by Crippen LogP contribution is 2.26. The summed E-state index contributed by atoms with van der Waals surface area (Å²) in [5.74, 6) is -0.265. The molecule has 0 aliphatic heterocycles. The molecule has 0 amide bonds. The van der Waals surface area contributed by atoms with E-state index in [-0.39, 0.29) is 11.9 Å². The molecule has 0 bridgehead atoms. The predicted octanol–water partition coefficient (Wildman–Crippen LogP) is 4.57. The molecule has 1 aromatic heterocycles. The van der Waals surface area contributed by atoms with Crippen molar-refractivity contribution in [3.05, 3.63) is 27.2 Å². The van der Waals surface area contributed by atoms with Crippen LogP contribution in [0.25, 0.3) is 11.0 Å². The number of aromatic nitrogens is 2. The highest BCUT2D eigenvalue weighted by molar-refractivity contribution is 9.10. The maximum absolute atomic E-state index is 13.5. The number of hydrogen-bond acceptors (Lipinski definition) is 1. The van der Waals surface area contributed by atoms with E-state index in [0.29, 0.717) is 9.24 Å². The van der Waals surface area contributed by atoms with Gasteiger partial charge in [-0.1, -0.05) is 6.92 Å². The number of imidazole rings is 1. The second-order valence-electron chi connectivity index (χ2n) is 3.84. The summed E-state index contributed by atoms with van der Waals surface area (Å²) in [5.41, 5.74) is 1.68. The van der Waals surface area contributed by atoms with Crippen LogP contribution in [-0.4, -0.2) is 9.55 Å². The van der Waals surface area contributed by atoms with Crippen molar-refractivity contribution in [2.75, 3.05) is 0 Å². The molecule has 1 aromatic carbocycles. The van der Waals surface area contributed by atoms with Gasteiger partial charge in [-0.05, 0) is 47.6 Å². The van der Waals surface area contributed by atoms with Crippen LogP contribution in [0.3, 0.4) is 0 Å². The largest absolute Gasteiger partial charge is 0.331 e. The summed E-state index contributed by atoms with van der Waals surface area (Å²) in [7, 11) is 0. The van der Waals surface area contributed by atoms with Gasteiger partial charge >= 0.3 is 0 Å². The fourth-order valence-electron chi connectivity index (χ4n) is 1.74. The van der Waals surface area contributed by atoms with E-state index in [0.717, 1.165) is 17.5 Å². The van der Waals surface area contributed by atoms with Crippen molar-refractivity contribution >= 4 is 39.2 Å². The predicted molar refractivity (Wildman–Crippen MR) is 69.8 cm³/mol. The molecule has 0 saturated heterocycles. The number of fused-ring (bicyclic) bond motifs is 1. The molecule has 16 heavy (non-hydrogen) atoms. The number of nitrogens with zero attached hydrogens (tertiary/aromatic N) is 1. The Morgan fingerprint density at radius 1 is 1.56 bits per heavy atom. The van der Waals surface area contributed by atoms with E-state index in [1.54, 1.807) is 6.07 Å². The molecule has 0 aliphatic carbocycles. The molecule has 0 fully saturated rings. The number of nitrogens with one attached hydrogen (secondary N) is 1. The van der Waals surface area contributed by atoms with Crippen LogP contribution in [0.4, 0.5) is 4.39 Å². The van der Waals surface area contributed by atoms with Crippen molar-refractivity contribution < 1.29 is 4.39 Å². The number of halogens is 2. The third kappa shape index (κ3) is 1.82. The molecule has 2 rings (SSSR count). The Bertz CT molecular complexity index is 587. The van der Waals surface area contributed by atoms with Crippen LogP contribution in [0, 0.1) is 10.6 Å². The van der Waals surface area contributed by atoms with E-state index < -0.39 is 0 Å². The molecule has 5 heteroatoms. The van der Waals surface area contributed by atoms with Crippen LogP contribution >= 0.6 is 28.1 Å². The summed E-state index contributed by atoms with van der Waals surface area (Å²) < 4.78 is 16.5. The maximum Gasteiger partial charge on any atom is 0.178 e. The molecule has 2 nitrogen and oxygen atoms in total. The first kappa shape index (κ1) is 11.8. The minimum atomic E-state index is -0.265. The summed E-state index contributed by atoms with van der Waals surface area (Å²) in [6.07, 6.45) is 0.957. The number of rotatable bonds is 2. The number of hydrogen-bond donors (Lipinski definition) is 1. The number of benzene rings is 1. The van der Waals surface area contributed by atoms with Crippen molar-refractivity contribution in [2.45, 2.75) is 26.3 Å². The highest BCUT2D eigenvalue weighted by atomic mass is 79.9. The molecule has 0 radical (unpaired) electrons. The first-order valence-electron chi connectivity index (χ1n) is 5.13. The SMILES string of the molecule is CCC(C)n1c(=S)[nH]c2cc(Br)c(F)cc21. The molecule has 0 spiro atoms. The third-order valence-electron chi connectivity index (χ3n) is 2.79.